The van der Waals surface area contributed by atoms with Gasteiger partial charge in [0.05, 0.1) is 0 Å². The van der Waals surface area contributed by atoms with E-state index in [0.29, 0.717) is 0 Å². The van der Waals surface area contributed by atoms with Gasteiger partial charge in [0.25, 0.3) is 0 Å². The van der Waals surface area contributed by atoms with Crippen LogP contribution in [0.3, 0.4) is 0 Å². The molecule has 248 valence electrons. The van der Waals surface area contributed by atoms with Gasteiger partial charge in [-0.15, -0.1) is 0 Å². The van der Waals surface area contributed by atoms with E-state index in [1.807, 2.05) is 0 Å². The van der Waals surface area contributed by atoms with Gasteiger partial charge in [0.1, 0.15) is 0 Å². The molecule has 0 heterocycles. The number of halogens is 20. The summed E-state index contributed by atoms with van der Waals surface area (Å²) in [5.41, 5.74) is -16.4. The molecule has 0 bridgehead atoms. The number of hydrogen-bond donors (Lipinski definition) is 0. The highest BCUT2D eigenvalue weighted by molar-refractivity contribution is 5.78. The SMILES string of the molecule is CC1([N+](c2c(F)c(F)c(F)c(F)c2F)(c2c(F)c(F)c(F)c(F)c2F)c2c(F)c(F)c(F)c(F)c2F)C(F)=C(F)C(F)=C(F)C1F. The van der Waals surface area contributed by atoms with Gasteiger partial charge >= 0.3 is 0 Å². The first kappa shape index (κ1) is 34.6. The van der Waals surface area contributed by atoms with Crippen molar-refractivity contribution in [2.75, 3.05) is 0 Å². The van der Waals surface area contributed by atoms with Crippen LogP contribution >= 0.6 is 0 Å². The molecule has 0 aliphatic heterocycles. The maximum atomic E-state index is 15.8. The third-order valence-electron chi connectivity index (χ3n) is 7.02. The fourth-order valence-electron chi connectivity index (χ4n) is 4.91. The van der Waals surface area contributed by atoms with E-state index in [0.717, 1.165) is 0 Å². The van der Waals surface area contributed by atoms with Gasteiger partial charge in [-0.3, -0.25) is 0 Å². The molecular formula is C25H4F20N+. The Hall–Kier alpha value is -4.30. The zero-order valence-corrected chi connectivity index (χ0v) is 21.1. The van der Waals surface area contributed by atoms with Crippen LogP contribution in [0.2, 0.25) is 0 Å². The third-order valence-corrected chi connectivity index (χ3v) is 7.02. The molecule has 3 aromatic rings. The maximum absolute atomic E-state index is 15.8. The van der Waals surface area contributed by atoms with Crippen LogP contribution in [0.25, 0.3) is 0 Å². The second-order valence-electron chi connectivity index (χ2n) is 9.23. The molecule has 46 heavy (non-hydrogen) atoms. The van der Waals surface area contributed by atoms with Gasteiger partial charge in [0.15, 0.2) is 17.5 Å². The van der Waals surface area contributed by atoms with Crippen LogP contribution < -0.4 is 4.48 Å². The van der Waals surface area contributed by atoms with E-state index in [-0.39, 0.29) is 0 Å². The summed E-state index contributed by atoms with van der Waals surface area (Å²) in [5.74, 6) is -67.8. The molecule has 4 rings (SSSR count). The number of hydrogen-bond acceptors (Lipinski definition) is 0. The Morgan fingerprint density at radius 3 is 0.826 bits per heavy atom. The Bertz CT molecular complexity index is 1670. The number of quaternary nitrogens is 1. The third kappa shape index (κ3) is 3.95. The molecule has 21 heteroatoms. The Kier molecular flexibility index (Phi) is 8.19. The summed E-state index contributed by atoms with van der Waals surface area (Å²) in [6, 6.07) is 0. The minimum absolute atomic E-state index is 0.785. The fraction of sp³-hybridized carbons (Fsp3) is 0.120. The molecular weight excluding hydrogens is 694 g/mol. The lowest BCUT2D eigenvalue weighted by atomic mass is 9.80. The van der Waals surface area contributed by atoms with Crippen LogP contribution in [-0.4, -0.2) is 11.7 Å². The van der Waals surface area contributed by atoms with Crippen LogP contribution in [0.1, 0.15) is 6.92 Å². The minimum atomic E-state index is -5.45. The molecule has 0 amide bonds. The summed E-state index contributed by atoms with van der Waals surface area (Å²) in [7, 11) is 0. The van der Waals surface area contributed by atoms with Crippen molar-refractivity contribution in [3.63, 3.8) is 0 Å². The number of rotatable bonds is 4. The molecule has 0 fully saturated rings. The maximum Gasteiger partial charge on any atom is 0.226 e. The van der Waals surface area contributed by atoms with E-state index in [1.165, 1.54) is 0 Å². The molecule has 0 saturated heterocycles. The van der Waals surface area contributed by atoms with Crippen LogP contribution in [-0.2, 0) is 0 Å². The molecule has 2 atom stereocenters. The highest BCUT2D eigenvalue weighted by Gasteiger charge is 2.72. The number of nitrogens with zero attached hydrogens (tertiary/aromatic N) is 1. The molecule has 3 aromatic carbocycles. The first-order chi connectivity index (χ1) is 21.1. The summed E-state index contributed by atoms with van der Waals surface area (Å²) in [5, 5.41) is 0. The van der Waals surface area contributed by atoms with E-state index >= 15 is 35.1 Å². The zero-order chi connectivity index (χ0) is 35.3. The lowest BCUT2D eigenvalue weighted by Crippen LogP contribution is -2.66. The number of allylic oxidation sites excluding steroid dienone is 2. The average molecular weight is 698 g/mol. The standard InChI is InChI=1S/C25H4F20N/c1-25(23(44)18(42)11(35)19(43)24(25)45)46(20-12(36)5(29)2(26)6(30)13(20)37,21-14(38)7(31)3(27)8(32)15(21)39)22-16(40)9(33)4(28)10(34)17(22)41/h23H,1H3/q+1. The fourth-order valence-corrected chi connectivity index (χ4v) is 4.91. The summed E-state index contributed by atoms with van der Waals surface area (Å²) >= 11 is 0. The van der Waals surface area contributed by atoms with Gasteiger partial charge in [-0.2, -0.15) is 30.8 Å². The molecule has 0 saturated carbocycles. The highest BCUT2D eigenvalue weighted by atomic mass is 19.2. The van der Waals surface area contributed by atoms with Crippen LogP contribution in [0, 0.1) is 87.3 Å². The van der Waals surface area contributed by atoms with Gasteiger partial charge in [-0.25, -0.2) is 61.5 Å². The van der Waals surface area contributed by atoms with E-state index in [4.69, 9.17) is 0 Å². The van der Waals surface area contributed by atoms with Gasteiger partial charge < -0.3 is 0 Å². The Labute approximate surface area is 239 Å². The lowest BCUT2D eigenvalue weighted by Gasteiger charge is -2.50. The lowest BCUT2D eigenvalue weighted by molar-refractivity contribution is 0.0921. The quantitative estimate of drug-likeness (QED) is 0.110. The van der Waals surface area contributed by atoms with Crippen molar-refractivity contribution in [1.82, 2.24) is 4.48 Å². The summed E-state index contributed by atoms with van der Waals surface area (Å²) in [6.07, 6.45) is -4.88. The topological polar surface area (TPSA) is 0 Å². The van der Waals surface area contributed by atoms with Crippen molar-refractivity contribution in [3.8, 4) is 0 Å². The van der Waals surface area contributed by atoms with Crippen LogP contribution in [0.5, 0.6) is 0 Å². The van der Waals surface area contributed by atoms with Crippen molar-refractivity contribution in [3.05, 3.63) is 111 Å². The molecule has 1 aliphatic rings. The van der Waals surface area contributed by atoms with E-state index in [1.54, 1.807) is 0 Å². The van der Waals surface area contributed by atoms with E-state index in [9.17, 15) is 52.7 Å². The summed E-state index contributed by atoms with van der Waals surface area (Å²) in [6.45, 7) is -0.785. The predicted octanol–water partition coefficient (Wildman–Crippen LogP) is 10.2. The van der Waals surface area contributed by atoms with Crippen molar-refractivity contribution in [1.29, 1.82) is 0 Å². The second kappa shape index (κ2) is 10.9. The predicted molar refractivity (Wildman–Crippen MR) is 112 cm³/mol. The molecule has 1 nitrogen and oxygen atoms in total. The van der Waals surface area contributed by atoms with Crippen molar-refractivity contribution < 1.29 is 87.8 Å². The Balaban J connectivity index is 2.66. The van der Waals surface area contributed by atoms with E-state index < -0.39 is 151 Å². The van der Waals surface area contributed by atoms with Gasteiger partial charge in [-0.1, -0.05) is 0 Å². The van der Waals surface area contributed by atoms with Gasteiger partial charge in [0, 0.05) is 6.92 Å². The Morgan fingerprint density at radius 1 is 0.370 bits per heavy atom. The molecule has 1 aliphatic carbocycles. The average Bonchev–Trinajstić information content (AvgIpc) is 3.03. The number of benzene rings is 3. The van der Waals surface area contributed by atoms with Crippen molar-refractivity contribution >= 4 is 17.1 Å². The monoisotopic (exact) mass is 698 g/mol. The van der Waals surface area contributed by atoms with Gasteiger partial charge in [0.2, 0.25) is 122 Å². The van der Waals surface area contributed by atoms with Crippen LogP contribution in [0.4, 0.5) is 105 Å². The highest BCUT2D eigenvalue weighted by Crippen LogP contribution is 2.63. The summed E-state index contributed by atoms with van der Waals surface area (Å²) < 4.78 is 293. The smallest absolute Gasteiger partial charge is 0.226 e. The Morgan fingerprint density at radius 2 is 0.587 bits per heavy atom. The minimum Gasteiger partial charge on any atom is -0.232 e. The molecule has 0 radical (unpaired) electrons. The van der Waals surface area contributed by atoms with Crippen LogP contribution in [0.15, 0.2) is 23.3 Å². The molecule has 0 aromatic heterocycles. The largest absolute Gasteiger partial charge is 0.232 e. The van der Waals surface area contributed by atoms with Crippen molar-refractivity contribution in [2.24, 2.45) is 0 Å². The number of alkyl halides is 1. The normalized spacial score (nSPS) is 19.1. The van der Waals surface area contributed by atoms with E-state index in [2.05, 4.69) is 0 Å². The molecule has 0 spiro atoms. The summed E-state index contributed by atoms with van der Waals surface area (Å²) in [4.78, 5) is 0. The zero-order valence-electron chi connectivity index (χ0n) is 21.1. The van der Waals surface area contributed by atoms with Crippen molar-refractivity contribution in [2.45, 2.75) is 18.6 Å². The first-order valence-electron chi connectivity index (χ1n) is 11.3. The van der Waals surface area contributed by atoms with Gasteiger partial charge in [-0.05, 0) is 0 Å². The molecule has 2 unspecified atom stereocenters. The molecule has 0 N–H and O–H groups in total. The second-order valence-corrected chi connectivity index (χ2v) is 9.23. The first-order valence-corrected chi connectivity index (χ1v) is 11.3.